The van der Waals surface area contributed by atoms with Gasteiger partial charge in [0.2, 0.25) is 5.91 Å². The summed E-state index contributed by atoms with van der Waals surface area (Å²) in [7, 11) is -1.45. The van der Waals surface area contributed by atoms with Gasteiger partial charge in [-0.2, -0.15) is 0 Å². The minimum Gasteiger partial charge on any atom is -0.354 e. The van der Waals surface area contributed by atoms with Crippen molar-refractivity contribution in [2.75, 3.05) is 25.1 Å². The predicted molar refractivity (Wildman–Crippen MR) is 74.0 cm³/mol. The molecule has 2 fully saturated rings. The number of hydrogen-bond donors (Lipinski definition) is 2. The first-order chi connectivity index (χ1) is 9.39. The molecule has 0 saturated carbocycles. The highest BCUT2D eigenvalue weighted by Gasteiger charge is 2.34. The number of urea groups is 1. The summed E-state index contributed by atoms with van der Waals surface area (Å²) in [5.41, 5.74) is 0. The van der Waals surface area contributed by atoms with Crippen LogP contribution in [0.5, 0.6) is 0 Å². The van der Waals surface area contributed by atoms with Crippen LogP contribution in [0, 0.1) is 0 Å². The summed E-state index contributed by atoms with van der Waals surface area (Å²) in [4.78, 5) is 25.3. The van der Waals surface area contributed by atoms with E-state index in [2.05, 4.69) is 10.6 Å². The van der Waals surface area contributed by atoms with Gasteiger partial charge in [0.1, 0.15) is 6.04 Å². The molecule has 0 spiro atoms. The molecule has 7 nitrogen and oxygen atoms in total. The van der Waals surface area contributed by atoms with Crippen LogP contribution in [0.4, 0.5) is 4.79 Å². The first kappa shape index (κ1) is 15.1. The molecule has 0 radical (unpaired) electrons. The number of carbonyl (C=O) groups is 2. The van der Waals surface area contributed by atoms with Crippen molar-refractivity contribution in [2.24, 2.45) is 0 Å². The third-order valence-electron chi connectivity index (χ3n) is 3.91. The summed E-state index contributed by atoms with van der Waals surface area (Å²) in [6.07, 6.45) is 2.87. The summed E-state index contributed by atoms with van der Waals surface area (Å²) < 4.78 is 22.9. The van der Waals surface area contributed by atoms with Crippen LogP contribution in [-0.2, 0) is 14.6 Å². The molecule has 2 heterocycles. The van der Waals surface area contributed by atoms with Crippen LogP contribution < -0.4 is 10.6 Å². The highest BCUT2D eigenvalue weighted by molar-refractivity contribution is 7.91. The minimum atomic E-state index is -3.02. The van der Waals surface area contributed by atoms with Gasteiger partial charge in [0.15, 0.2) is 9.84 Å². The topological polar surface area (TPSA) is 95.6 Å². The summed E-state index contributed by atoms with van der Waals surface area (Å²) >= 11 is 0. The monoisotopic (exact) mass is 303 g/mol. The fourth-order valence-corrected chi connectivity index (χ4v) is 4.35. The molecule has 0 bridgehead atoms. The zero-order valence-electron chi connectivity index (χ0n) is 11.6. The fourth-order valence-electron chi connectivity index (χ4n) is 2.57. The van der Waals surface area contributed by atoms with E-state index in [1.165, 1.54) is 4.90 Å². The van der Waals surface area contributed by atoms with Crippen LogP contribution in [0.2, 0.25) is 0 Å². The molecular weight excluding hydrogens is 282 g/mol. The number of carbonyl (C=O) groups excluding carboxylic acids is 2. The molecule has 0 aromatic carbocycles. The van der Waals surface area contributed by atoms with Crippen molar-refractivity contribution in [3.05, 3.63) is 0 Å². The Bertz CT molecular complexity index is 491. The van der Waals surface area contributed by atoms with E-state index >= 15 is 0 Å². The molecule has 2 saturated heterocycles. The molecule has 3 amide bonds. The maximum atomic E-state index is 12.1. The summed E-state index contributed by atoms with van der Waals surface area (Å²) in [6.45, 7) is 0.641. The van der Waals surface area contributed by atoms with Crippen LogP contribution in [0.25, 0.3) is 0 Å². The van der Waals surface area contributed by atoms with Gasteiger partial charge in [0.25, 0.3) is 0 Å². The molecule has 2 aliphatic heterocycles. The van der Waals surface area contributed by atoms with E-state index in [1.807, 2.05) is 0 Å². The molecular formula is C12H21N3O4S. The third-order valence-corrected chi connectivity index (χ3v) is 5.66. The fraction of sp³-hybridized carbons (Fsp3) is 0.833. The molecule has 2 rings (SSSR count). The second-order valence-electron chi connectivity index (χ2n) is 5.46. The van der Waals surface area contributed by atoms with Crippen molar-refractivity contribution < 1.29 is 18.0 Å². The summed E-state index contributed by atoms with van der Waals surface area (Å²) in [6, 6.07) is -1.20. The van der Waals surface area contributed by atoms with Gasteiger partial charge in [0, 0.05) is 19.6 Å². The van der Waals surface area contributed by atoms with Gasteiger partial charge in [-0.1, -0.05) is 0 Å². The summed E-state index contributed by atoms with van der Waals surface area (Å²) in [5.74, 6) is -0.0317. The van der Waals surface area contributed by atoms with E-state index in [1.54, 1.807) is 7.05 Å². The van der Waals surface area contributed by atoms with Gasteiger partial charge < -0.3 is 15.5 Å². The lowest BCUT2D eigenvalue weighted by atomic mass is 10.1. The number of hydrogen-bond acceptors (Lipinski definition) is 4. The lowest BCUT2D eigenvalue weighted by Crippen LogP contribution is -2.52. The van der Waals surface area contributed by atoms with Crippen molar-refractivity contribution in [1.29, 1.82) is 0 Å². The molecule has 0 aliphatic carbocycles. The Morgan fingerprint density at radius 2 is 2.10 bits per heavy atom. The van der Waals surface area contributed by atoms with E-state index < -0.39 is 15.9 Å². The minimum absolute atomic E-state index is 0.00772. The molecule has 2 N–H and O–H groups in total. The Balaban J connectivity index is 1.92. The average molecular weight is 303 g/mol. The van der Waals surface area contributed by atoms with Crippen molar-refractivity contribution in [3.8, 4) is 0 Å². The van der Waals surface area contributed by atoms with Crippen molar-refractivity contribution in [1.82, 2.24) is 15.5 Å². The molecule has 114 valence electrons. The number of amides is 3. The van der Waals surface area contributed by atoms with Gasteiger partial charge in [-0.25, -0.2) is 13.2 Å². The first-order valence-corrected chi connectivity index (χ1v) is 8.72. The quantitative estimate of drug-likeness (QED) is 0.718. The van der Waals surface area contributed by atoms with Crippen molar-refractivity contribution in [3.63, 3.8) is 0 Å². The Hall–Kier alpha value is -1.31. The second-order valence-corrected chi connectivity index (χ2v) is 7.69. The van der Waals surface area contributed by atoms with Crippen LogP contribution in [0.3, 0.4) is 0 Å². The van der Waals surface area contributed by atoms with Gasteiger partial charge >= 0.3 is 6.03 Å². The zero-order chi connectivity index (χ0) is 14.8. The molecule has 0 aromatic heterocycles. The Labute approximate surface area is 119 Å². The standard InChI is InChI=1S/C12H21N3O4S/c1-15(9-5-7-20(18,19)8-9)12(17)14-10-4-2-3-6-13-11(10)16/h9-10H,2-8H2,1H3,(H,13,16)(H,14,17). The van der Waals surface area contributed by atoms with Crippen LogP contribution in [0.1, 0.15) is 25.7 Å². The summed E-state index contributed by atoms with van der Waals surface area (Å²) in [5, 5.41) is 5.45. The molecule has 2 unspecified atom stereocenters. The highest BCUT2D eigenvalue weighted by Crippen LogP contribution is 2.17. The lowest BCUT2D eigenvalue weighted by Gasteiger charge is -2.26. The zero-order valence-corrected chi connectivity index (χ0v) is 12.4. The van der Waals surface area contributed by atoms with E-state index in [9.17, 15) is 18.0 Å². The number of nitrogens with one attached hydrogen (secondary N) is 2. The van der Waals surface area contributed by atoms with Gasteiger partial charge in [0.05, 0.1) is 11.5 Å². The van der Waals surface area contributed by atoms with E-state index in [-0.39, 0.29) is 29.5 Å². The normalized spacial score (nSPS) is 29.4. The predicted octanol–water partition coefficient (Wildman–Crippen LogP) is -0.516. The number of rotatable bonds is 2. The largest absolute Gasteiger partial charge is 0.354 e. The molecule has 20 heavy (non-hydrogen) atoms. The van der Waals surface area contributed by atoms with Crippen LogP contribution >= 0.6 is 0 Å². The van der Waals surface area contributed by atoms with Crippen molar-refractivity contribution >= 4 is 21.8 Å². The smallest absolute Gasteiger partial charge is 0.318 e. The van der Waals surface area contributed by atoms with E-state index in [0.29, 0.717) is 19.4 Å². The average Bonchev–Trinajstić information content (AvgIpc) is 2.63. The van der Waals surface area contributed by atoms with E-state index in [0.717, 1.165) is 12.8 Å². The Kier molecular flexibility index (Phi) is 4.52. The number of nitrogens with zero attached hydrogens (tertiary/aromatic N) is 1. The molecule has 8 heteroatoms. The second kappa shape index (κ2) is 5.99. The van der Waals surface area contributed by atoms with E-state index in [4.69, 9.17) is 0 Å². The SMILES string of the molecule is CN(C(=O)NC1CCCCNC1=O)C1CCS(=O)(=O)C1. The van der Waals surface area contributed by atoms with Gasteiger partial charge in [-0.05, 0) is 25.7 Å². The highest BCUT2D eigenvalue weighted by atomic mass is 32.2. The lowest BCUT2D eigenvalue weighted by molar-refractivity contribution is -0.122. The third kappa shape index (κ3) is 3.62. The van der Waals surface area contributed by atoms with Crippen LogP contribution in [0.15, 0.2) is 0 Å². The first-order valence-electron chi connectivity index (χ1n) is 6.90. The molecule has 2 aliphatic rings. The Morgan fingerprint density at radius 3 is 2.75 bits per heavy atom. The molecule has 2 atom stereocenters. The number of sulfone groups is 1. The van der Waals surface area contributed by atoms with Gasteiger partial charge in [-0.3, -0.25) is 4.79 Å². The van der Waals surface area contributed by atoms with Crippen LogP contribution in [-0.4, -0.2) is 62.4 Å². The Morgan fingerprint density at radius 1 is 1.35 bits per heavy atom. The van der Waals surface area contributed by atoms with Gasteiger partial charge in [-0.15, -0.1) is 0 Å². The maximum absolute atomic E-state index is 12.1. The van der Waals surface area contributed by atoms with Crippen molar-refractivity contribution in [2.45, 2.75) is 37.8 Å². The molecule has 0 aromatic rings. The maximum Gasteiger partial charge on any atom is 0.318 e.